The van der Waals surface area contributed by atoms with E-state index in [1.165, 1.54) is 6.08 Å². The van der Waals surface area contributed by atoms with Gasteiger partial charge in [0.1, 0.15) is 5.83 Å². The van der Waals surface area contributed by atoms with Crippen molar-refractivity contribution < 1.29 is 14.3 Å². The topological polar surface area (TPSA) is 75.7 Å². The standard InChI is InChI=1S/C9H15FN2O2/c1-7(11)12-6-8(10)4-2-3-5-9(13)14/h4H,2-3,5-6H2,1H3,(H2,11,12)(H,13,14)/b8-4+. The molecule has 0 aliphatic carbocycles. The molecule has 0 atom stereocenters. The average molecular weight is 202 g/mol. The lowest BCUT2D eigenvalue weighted by atomic mass is 10.2. The zero-order valence-corrected chi connectivity index (χ0v) is 8.16. The van der Waals surface area contributed by atoms with Crippen molar-refractivity contribution in [1.29, 1.82) is 0 Å². The monoisotopic (exact) mass is 202 g/mol. The molecule has 0 aliphatic heterocycles. The fraction of sp³-hybridized carbons (Fsp3) is 0.556. The van der Waals surface area contributed by atoms with E-state index in [4.69, 9.17) is 10.8 Å². The Morgan fingerprint density at radius 3 is 2.79 bits per heavy atom. The number of halogens is 1. The van der Waals surface area contributed by atoms with Gasteiger partial charge < -0.3 is 10.8 Å². The first-order valence-electron chi connectivity index (χ1n) is 4.35. The zero-order valence-electron chi connectivity index (χ0n) is 8.16. The van der Waals surface area contributed by atoms with Crippen LogP contribution in [-0.4, -0.2) is 23.5 Å². The van der Waals surface area contributed by atoms with E-state index < -0.39 is 5.97 Å². The van der Waals surface area contributed by atoms with E-state index in [0.717, 1.165) is 0 Å². The van der Waals surface area contributed by atoms with Gasteiger partial charge in [0.2, 0.25) is 0 Å². The highest BCUT2D eigenvalue weighted by atomic mass is 19.1. The van der Waals surface area contributed by atoms with Crippen molar-refractivity contribution in [2.45, 2.75) is 26.2 Å². The van der Waals surface area contributed by atoms with Gasteiger partial charge in [0, 0.05) is 6.42 Å². The fourth-order valence-electron chi connectivity index (χ4n) is 0.777. The molecule has 0 bridgehead atoms. The van der Waals surface area contributed by atoms with Crippen molar-refractivity contribution in [2.24, 2.45) is 10.7 Å². The summed E-state index contributed by atoms with van der Waals surface area (Å²) in [6.45, 7) is 1.52. The molecule has 0 spiro atoms. The Morgan fingerprint density at radius 1 is 1.64 bits per heavy atom. The van der Waals surface area contributed by atoms with Gasteiger partial charge in [-0.2, -0.15) is 0 Å². The Labute approximate surface area is 82.3 Å². The van der Waals surface area contributed by atoms with Crippen molar-refractivity contribution in [3.8, 4) is 0 Å². The van der Waals surface area contributed by atoms with Gasteiger partial charge >= 0.3 is 5.97 Å². The third-order valence-electron chi connectivity index (χ3n) is 1.44. The summed E-state index contributed by atoms with van der Waals surface area (Å²) in [5.41, 5.74) is 5.21. The number of rotatable bonds is 6. The number of carboxylic acid groups (broad SMARTS) is 1. The van der Waals surface area contributed by atoms with Gasteiger partial charge in [-0.25, -0.2) is 4.39 Å². The summed E-state index contributed by atoms with van der Waals surface area (Å²) >= 11 is 0. The molecule has 0 unspecified atom stereocenters. The first kappa shape index (κ1) is 12.6. The third-order valence-corrected chi connectivity index (χ3v) is 1.44. The highest BCUT2D eigenvalue weighted by molar-refractivity contribution is 5.77. The number of allylic oxidation sites excluding steroid dienone is 1. The van der Waals surface area contributed by atoms with Gasteiger partial charge in [0.25, 0.3) is 0 Å². The van der Waals surface area contributed by atoms with Gasteiger partial charge in [-0.1, -0.05) is 6.08 Å². The molecule has 0 saturated carbocycles. The minimum Gasteiger partial charge on any atom is -0.481 e. The lowest BCUT2D eigenvalue weighted by Crippen LogP contribution is -2.06. The van der Waals surface area contributed by atoms with Crippen LogP contribution in [0, 0.1) is 0 Å². The van der Waals surface area contributed by atoms with Crippen LogP contribution < -0.4 is 5.73 Å². The Kier molecular flexibility index (Phi) is 6.36. The fourth-order valence-corrected chi connectivity index (χ4v) is 0.777. The van der Waals surface area contributed by atoms with Gasteiger partial charge in [-0.15, -0.1) is 0 Å². The molecule has 0 aromatic heterocycles. The van der Waals surface area contributed by atoms with Crippen molar-refractivity contribution in [1.82, 2.24) is 0 Å². The molecule has 0 amide bonds. The van der Waals surface area contributed by atoms with E-state index in [1.807, 2.05) is 0 Å². The van der Waals surface area contributed by atoms with Crippen LogP contribution in [0.3, 0.4) is 0 Å². The number of hydrogen-bond acceptors (Lipinski definition) is 2. The van der Waals surface area contributed by atoms with Gasteiger partial charge in [-0.05, 0) is 19.8 Å². The number of nitrogens with two attached hydrogens (primary N) is 1. The molecule has 0 aromatic rings. The summed E-state index contributed by atoms with van der Waals surface area (Å²) in [6.07, 6.45) is 2.25. The molecule has 0 heterocycles. The molecule has 0 fully saturated rings. The summed E-state index contributed by atoms with van der Waals surface area (Å²) in [4.78, 5) is 13.8. The lowest BCUT2D eigenvalue weighted by molar-refractivity contribution is -0.137. The number of nitrogens with zero attached hydrogens (tertiary/aromatic N) is 1. The number of unbranched alkanes of at least 4 members (excludes halogenated alkanes) is 1. The second kappa shape index (κ2) is 7.06. The number of carboxylic acids is 1. The van der Waals surface area contributed by atoms with E-state index in [0.29, 0.717) is 18.7 Å². The Balaban J connectivity index is 3.66. The van der Waals surface area contributed by atoms with E-state index >= 15 is 0 Å². The molecule has 3 N–H and O–H groups in total. The first-order valence-corrected chi connectivity index (χ1v) is 4.35. The summed E-state index contributed by atoms with van der Waals surface area (Å²) in [5, 5.41) is 8.30. The predicted octanol–water partition coefficient (Wildman–Crippen LogP) is 1.47. The summed E-state index contributed by atoms with van der Waals surface area (Å²) < 4.78 is 12.8. The van der Waals surface area contributed by atoms with Crippen LogP contribution in [0.2, 0.25) is 0 Å². The molecule has 0 aromatic carbocycles. The maximum Gasteiger partial charge on any atom is 0.303 e. The van der Waals surface area contributed by atoms with Crippen LogP contribution in [0.15, 0.2) is 16.9 Å². The number of carbonyl (C=O) groups is 1. The van der Waals surface area contributed by atoms with E-state index in [2.05, 4.69) is 4.99 Å². The number of aliphatic carboxylic acids is 1. The maximum absolute atomic E-state index is 12.8. The number of aliphatic imine (C=N–C) groups is 1. The lowest BCUT2D eigenvalue weighted by Gasteiger charge is -1.94. The average Bonchev–Trinajstić information content (AvgIpc) is 2.08. The van der Waals surface area contributed by atoms with Crippen LogP contribution in [0.25, 0.3) is 0 Å². The number of amidine groups is 1. The summed E-state index contributed by atoms with van der Waals surface area (Å²) in [5.74, 6) is -0.908. The quantitative estimate of drug-likeness (QED) is 0.389. The zero-order chi connectivity index (χ0) is 11.0. The van der Waals surface area contributed by atoms with Crippen molar-refractivity contribution >= 4 is 11.8 Å². The maximum atomic E-state index is 12.8. The molecule has 4 nitrogen and oxygen atoms in total. The molecule has 14 heavy (non-hydrogen) atoms. The second-order valence-corrected chi connectivity index (χ2v) is 2.89. The van der Waals surface area contributed by atoms with Crippen molar-refractivity contribution in [2.75, 3.05) is 6.54 Å². The Morgan fingerprint density at radius 2 is 2.29 bits per heavy atom. The summed E-state index contributed by atoms with van der Waals surface area (Å²) in [7, 11) is 0. The van der Waals surface area contributed by atoms with E-state index in [-0.39, 0.29) is 18.8 Å². The third kappa shape index (κ3) is 8.70. The minimum atomic E-state index is -0.866. The van der Waals surface area contributed by atoms with E-state index in [1.54, 1.807) is 6.92 Å². The van der Waals surface area contributed by atoms with Crippen LogP contribution in [0.4, 0.5) is 4.39 Å². The largest absolute Gasteiger partial charge is 0.481 e. The van der Waals surface area contributed by atoms with Crippen LogP contribution in [0.1, 0.15) is 26.2 Å². The smallest absolute Gasteiger partial charge is 0.303 e. The second-order valence-electron chi connectivity index (χ2n) is 2.89. The summed E-state index contributed by atoms with van der Waals surface area (Å²) in [6, 6.07) is 0. The highest BCUT2D eigenvalue weighted by Gasteiger charge is 1.96. The van der Waals surface area contributed by atoms with Gasteiger partial charge in [0.05, 0.1) is 12.4 Å². The number of hydrogen-bond donors (Lipinski definition) is 2. The molecule has 0 rings (SSSR count). The van der Waals surface area contributed by atoms with Crippen molar-refractivity contribution in [3.05, 3.63) is 11.9 Å². The SMILES string of the molecule is CC(N)=NC/C(F)=C\CCCC(=O)O. The molecule has 80 valence electrons. The first-order chi connectivity index (χ1) is 6.52. The van der Waals surface area contributed by atoms with Crippen LogP contribution in [-0.2, 0) is 4.79 Å². The van der Waals surface area contributed by atoms with Gasteiger partial charge in [0.15, 0.2) is 0 Å². The van der Waals surface area contributed by atoms with Crippen LogP contribution >= 0.6 is 0 Å². The Hall–Kier alpha value is -1.39. The minimum absolute atomic E-state index is 0.0585. The van der Waals surface area contributed by atoms with E-state index in [9.17, 15) is 9.18 Å². The molecular formula is C9H15FN2O2. The highest BCUT2D eigenvalue weighted by Crippen LogP contribution is 2.03. The normalized spacial score (nSPS) is 13.0. The van der Waals surface area contributed by atoms with Crippen LogP contribution in [0.5, 0.6) is 0 Å². The van der Waals surface area contributed by atoms with Crippen molar-refractivity contribution in [3.63, 3.8) is 0 Å². The van der Waals surface area contributed by atoms with Gasteiger partial charge in [-0.3, -0.25) is 9.79 Å². The molecule has 5 heteroatoms. The Bertz CT molecular complexity index is 245. The molecular weight excluding hydrogens is 187 g/mol. The predicted molar refractivity (Wildman–Crippen MR) is 52.8 cm³/mol. The molecule has 0 saturated heterocycles. The molecule has 0 radical (unpaired) electrons. The molecule has 0 aliphatic rings.